The number of nitro benzene ring substituents is 1. The Balaban J connectivity index is 2.21. The second-order valence-corrected chi connectivity index (χ2v) is 4.79. The van der Waals surface area contributed by atoms with E-state index in [1.165, 1.54) is 12.1 Å². The molecule has 0 fully saturated rings. The van der Waals surface area contributed by atoms with Crippen LogP contribution in [0.4, 0.5) is 11.4 Å². The molecule has 0 heterocycles. The molecular weight excluding hydrogens is 303 g/mol. The number of nitrogen functional groups attached to an aromatic ring is 1. The van der Waals surface area contributed by atoms with E-state index in [0.717, 1.165) is 5.56 Å². The molecule has 0 atom stereocenters. The number of anilines is 1. The molecule has 20 heavy (non-hydrogen) atoms. The number of hydrogen-bond acceptors (Lipinski definition) is 4. The van der Waals surface area contributed by atoms with Gasteiger partial charge in [-0.1, -0.05) is 41.4 Å². The number of rotatable bonds is 4. The van der Waals surface area contributed by atoms with Crippen molar-refractivity contribution in [2.75, 3.05) is 5.73 Å². The van der Waals surface area contributed by atoms with E-state index in [9.17, 15) is 10.1 Å². The molecule has 0 amide bonds. The molecule has 0 aliphatic carbocycles. The van der Waals surface area contributed by atoms with E-state index in [1.807, 2.05) is 18.2 Å². The van der Waals surface area contributed by atoms with Crippen LogP contribution in [0.25, 0.3) is 0 Å². The Morgan fingerprint density at radius 2 is 1.90 bits per heavy atom. The fraction of sp³-hybridized carbons (Fsp3) is 0.0769. The molecule has 0 aliphatic heterocycles. The van der Waals surface area contributed by atoms with Gasteiger partial charge in [0.25, 0.3) is 5.69 Å². The summed E-state index contributed by atoms with van der Waals surface area (Å²) in [5.41, 5.74) is 6.11. The number of benzene rings is 2. The van der Waals surface area contributed by atoms with E-state index < -0.39 is 4.92 Å². The molecule has 0 radical (unpaired) electrons. The topological polar surface area (TPSA) is 78.4 Å². The number of nitrogens with zero attached hydrogens (tertiary/aromatic N) is 1. The van der Waals surface area contributed by atoms with Crippen LogP contribution in [0.15, 0.2) is 36.4 Å². The summed E-state index contributed by atoms with van der Waals surface area (Å²) < 4.78 is 5.50. The van der Waals surface area contributed by atoms with Crippen molar-refractivity contribution in [1.82, 2.24) is 0 Å². The highest BCUT2D eigenvalue weighted by molar-refractivity contribution is 6.32. The maximum absolute atomic E-state index is 10.7. The van der Waals surface area contributed by atoms with Gasteiger partial charge in [0.2, 0.25) is 0 Å². The normalized spacial score (nSPS) is 10.3. The van der Waals surface area contributed by atoms with Crippen molar-refractivity contribution < 1.29 is 9.66 Å². The molecule has 2 aromatic carbocycles. The first kappa shape index (κ1) is 14.4. The Morgan fingerprint density at radius 3 is 2.55 bits per heavy atom. The lowest BCUT2D eigenvalue weighted by Crippen LogP contribution is -2.00. The zero-order valence-electron chi connectivity index (χ0n) is 10.2. The summed E-state index contributed by atoms with van der Waals surface area (Å²) in [6.45, 7) is 0.191. The highest BCUT2D eigenvalue weighted by atomic mass is 35.5. The van der Waals surface area contributed by atoms with E-state index >= 15 is 0 Å². The second-order valence-electron chi connectivity index (χ2n) is 3.98. The maximum Gasteiger partial charge on any atom is 0.293 e. The van der Waals surface area contributed by atoms with Crippen molar-refractivity contribution in [3.8, 4) is 5.75 Å². The molecule has 0 bridgehead atoms. The van der Waals surface area contributed by atoms with Gasteiger partial charge in [-0.2, -0.15) is 0 Å². The van der Waals surface area contributed by atoms with Crippen molar-refractivity contribution >= 4 is 34.6 Å². The van der Waals surface area contributed by atoms with E-state index in [-0.39, 0.29) is 28.8 Å². The van der Waals surface area contributed by atoms with Gasteiger partial charge in [-0.15, -0.1) is 0 Å². The summed E-state index contributed by atoms with van der Waals surface area (Å²) in [6.07, 6.45) is 0. The lowest BCUT2D eigenvalue weighted by molar-refractivity contribution is -0.383. The van der Waals surface area contributed by atoms with Gasteiger partial charge in [0.15, 0.2) is 0 Å². The van der Waals surface area contributed by atoms with Gasteiger partial charge in [0.05, 0.1) is 9.95 Å². The molecule has 0 aliphatic rings. The Hall–Kier alpha value is -1.98. The fourth-order valence-corrected chi connectivity index (χ4v) is 2.00. The summed E-state index contributed by atoms with van der Waals surface area (Å²) in [4.78, 5) is 10.1. The zero-order valence-corrected chi connectivity index (χ0v) is 11.7. The molecule has 2 rings (SSSR count). The van der Waals surface area contributed by atoms with Crippen molar-refractivity contribution in [2.24, 2.45) is 0 Å². The van der Waals surface area contributed by atoms with Crippen LogP contribution in [-0.2, 0) is 6.61 Å². The van der Waals surface area contributed by atoms with Gasteiger partial charge >= 0.3 is 0 Å². The Labute approximate surface area is 125 Å². The molecule has 2 N–H and O–H groups in total. The predicted octanol–water partition coefficient (Wildman–Crippen LogP) is 4.06. The van der Waals surface area contributed by atoms with Crippen LogP contribution in [0.3, 0.4) is 0 Å². The van der Waals surface area contributed by atoms with Crippen LogP contribution < -0.4 is 10.5 Å². The van der Waals surface area contributed by atoms with Gasteiger partial charge < -0.3 is 10.5 Å². The lowest BCUT2D eigenvalue weighted by atomic mass is 10.2. The summed E-state index contributed by atoms with van der Waals surface area (Å²) >= 11 is 11.9. The first-order chi connectivity index (χ1) is 9.49. The Morgan fingerprint density at radius 1 is 1.20 bits per heavy atom. The fourth-order valence-electron chi connectivity index (χ4n) is 1.60. The average molecular weight is 313 g/mol. The van der Waals surface area contributed by atoms with Crippen molar-refractivity contribution in [1.29, 1.82) is 0 Å². The summed E-state index contributed by atoms with van der Waals surface area (Å²) in [7, 11) is 0. The predicted molar refractivity (Wildman–Crippen MR) is 78.3 cm³/mol. The Kier molecular flexibility index (Phi) is 4.32. The first-order valence-electron chi connectivity index (χ1n) is 5.58. The average Bonchev–Trinajstić information content (AvgIpc) is 2.40. The van der Waals surface area contributed by atoms with Crippen LogP contribution in [0.1, 0.15) is 5.56 Å². The number of ether oxygens (including phenoxy) is 1. The largest absolute Gasteiger partial charge is 0.487 e. The third-order valence-electron chi connectivity index (χ3n) is 2.62. The molecule has 2 aromatic rings. The standard InChI is InChI=1S/C13H10Cl2N2O3/c14-9-4-2-1-3-8(9)7-20-13-6-11(16)12(17(18)19)5-10(13)15/h1-6H,7,16H2. The molecule has 0 saturated carbocycles. The maximum atomic E-state index is 10.7. The highest BCUT2D eigenvalue weighted by Crippen LogP contribution is 2.34. The van der Waals surface area contributed by atoms with Gasteiger partial charge in [0.1, 0.15) is 18.0 Å². The summed E-state index contributed by atoms with van der Waals surface area (Å²) in [6, 6.07) is 9.69. The smallest absolute Gasteiger partial charge is 0.293 e. The van der Waals surface area contributed by atoms with Gasteiger partial charge in [-0.25, -0.2) is 0 Å². The van der Waals surface area contributed by atoms with Crippen LogP contribution in [0.5, 0.6) is 5.75 Å². The number of hydrogen-bond donors (Lipinski definition) is 1. The van der Waals surface area contributed by atoms with Crippen LogP contribution in [0, 0.1) is 10.1 Å². The minimum absolute atomic E-state index is 0.00596. The lowest BCUT2D eigenvalue weighted by Gasteiger charge is -2.10. The molecular formula is C13H10Cl2N2O3. The molecule has 104 valence electrons. The van der Waals surface area contributed by atoms with Crippen molar-refractivity contribution in [3.63, 3.8) is 0 Å². The number of nitrogens with two attached hydrogens (primary N) is 1. The number of halogens is 2. The zero-order chi connectivity index (χ0) is 14.7. The summed E-state index contributed by atoms with van der Waals surface area (Å²) in [5.74, 6) is 0.273. The quantitative estimate of drug-likeness (QED) is 0.524. The molecule has 0 saturated heterocycles. The summed E-state index contributed by atoms with van der Waals surface area (Å²) in [5, 5.41) is 11.4. The van der Waals surface area contributed by atoms with Crippen LogP contribution in [0.2, 0.25) is 10.0 Å². The van der Waals surface area contributed by atoms with Crippen LogP contribution in [-0.4, -0.2) is 4.92 Å². The first-order valence-corrected chi connectivity index (χ1v) is 6.34. The Bertz CT molecular complexity index is 662. The SMILES string of the molecule is Nc1cc(OCc2ccccc2Cl)c(Cl)cc1[N+](=O)[O-]. The molecule has 0 unspecified atom stereocenters. The van der Waals surface area contributed by atoms with E-state index in [0.29, 0.717) is 5.02 Å². The van der Waals surface area contributed by atoms with Crippen molar-refractivity contribution in [3.05, 3.63) is 62.1 Å². The molecule has 0 spiro atoms. The van der Waals surface area contributed by atoms with Gasteiger partial charge in [0, 0.05) is 22.7 Å². The van der Waals surface area contributed by atoms with Crippen molar-refractivity contribution in [2.45, 2.75) is 6.61 Å². The highest BCUT2D eigenvalue weighted by Gasteiger charge is 2.16. The second kappa shape index (κ2) is 5.98. The number of nitro groups is 1. The minimum Gasteiger partial charge on any atom is -0.487 e. The van der Waals surface area contributed by atoms with E-state index in [1.54, 1.807) is 6.07 Å². The third-order valence-corrected chi connectivity index (χ3v) is 3.28. The third kappa shape index (κ3) is 3.12. The van der Waals surface area contributed by atoms with E-state index in [4.69, 9.17) is 33.7 Å². The molecule has 0 aromatic heterocycles. The van der Waals surface area contributed by atoms with Gasteiger partial charge in [-0.3, -0.25) is 10.1 Å². The van der Waals surface area contributed by atoms with E-state index in [2.05, 4.69) is 0 Å². The monoisotopic (exact) mass is 312 g/mol. The minimum atomic E-state index is -0.598. The van der Waals surface area contributed by atoms with Gasteiger partial charge in [-0.05, 0) is 6.07 Å². The van der Waals surface area contributed by atoms with Crippen LogP contribution >= 0.6 is 23.2 Å². The molecule has 7 heteroatoms. The molecule has 5 nitrogen and oxygen atoms in total.